The Kier molecular flexibility index (Phi) is 5.56. The Bertz CT molecular complexity index is 414. The number of nitrogens with one attached hydrogen (secondary N) is 1. The van der Waals surface area contributed by atoms with E-state index < -0.39 is 5.82 Å². The third kappa shape index (κ3) is 3.21. The van der Waals surface area contributed by atoms with Crippen LogP contribution in [0.4, 0.5) is 4.39 Å². The molecule has 0 bridgehead atoms. The van der Waals surface area contributed by atoms with Crippen LogP contribution >= 0.6 is 12.4 Å². The third-order valence-electron chi connectivity index (χ3n) is 3.40. The summed E-state index contributed by atoms with van der Waals surface area (Å²) >= 11 is 0. The van der Waals surface area contributed by atoms with Crippen molar-refractivity contribution in [1.82, 2.24) is 5.32 Å². The summed E-state index contributed by atoms with van der Waals surface area (Å²) in [6.45, 7) is 0.572. The van der Waals surface area contributed by atoms with Crippen molar-refractivity contribution in [2.75, 3.05) is 6.54 Å². The third-order valence-corrected chi connectivity index (χ3v) is 3.40. The van der Waals surface area contributed by atoms with E-state index in [2.05, 4.69) is 5.32 Å². The summed E-state index contributed by atoms with van der Waals surface area (Å²) in [5, 5.41) is 2.88. The maximum Gasteiger partial charge on any atom is 0.254 e. The number of halogens is 2. The van der Waals surface area contributed by atoms with E-state index in [1.807, 2.05) is 0 Å². The van der Waals surface area contributed by atoms with Crippen LogP contribution in [0.1, 0.15) is 29.6 Å². The van der Waals surface area contributed by atoms with E-state index in [-0.39, 0.29) is 29.9 Å². The molecule has 0 aliphatic heterocycles. The number of amides is 1. The molecular formula is C13H18ClFN2O. The predicted molar refractivity (Wildman–Crippen MR) is 71.3 cm³/mol. The van der Waals surface area contributed by atoms with E-state index in [9.17, 15) is 9.18 Å². The van der Waals surface area contributed by atoms with Gasteiger partial charge in [-0.2, -0.15) is 0 Å². The molecule has 1 aliphatic rings. The lowest BCUT2D eigenvalue weighted by atomic mass is 10.0. The highest BCUT2D eigenvalue weighted by Crippen LogP contribution is 2.25. The fourth-order valence-corrected chi connectivity index (χ4v) is 2.40. The van der Waals surface area contributed by atoms with Gasteiger partial charge in [0.1, 0.15) is 5.82 Å². The standard InChI is InChI=1S/C13H17FN2O.ClH/c14-11-6-2-1-5-10(11)13(17)16-12-7-3-4-9(12)8-15;/h1-2,5-6,9,12H,3-4,7-8,15H2,(H,16,17);1H. The maximum atomic E-state index is 13.4. The van der Waals surface area contributed by atoms with Crippen LogP contribution in [0.2, 0.25) is 0 Å². The summed E-state index contributed by atoms with van der Waals surface area (Å²) in [4.78, 5) is 11.9. The Hall–Kier alpha value is -1.13. The minimum absolute atomic E-state index is 0. The van der Waals surface area contributed by atoms with Crippen LogP contribution in [-0.2, 0) is 0 Å². The SMILES string of the molecule is Cl.NCC1CCCC1NC(=O)c1ccccc1F. The Morgan fingerprint density at radius 2 is 2.11 bits per heavy atom. The molecule has 2 atom stereocenters. The molecule has 0 heterocycles. The second-order valence-corrected chi connectivity index (χ2v) is 4.49. The molecule has 1 amide bonds. The van der Waals surface area contributed by atoms with Crippen LogP contribution in [0.15, 0.2) is 24.3 Å². The van der Waals surface area contributed by atoms with Crippen molar-refractivity contribution < 1.29 is 9.18 Å². The van der Waals surface area contributed by atoms with Crippen LogP contribution in [-0.4, -0.2) is 18.5 Å². The van der Waals surface area contributed by atoms with Crippen LogP contribution < -0.4 is 11.1 Å². The summed E-state index contributed by atoms with van der Waals surface area (Å²) < 4.78 is 13.4. The molecule has 1 saturated carbocycles. The average molecular weight is 273 g/mol. The highest BCUT2D eigenvalue weighted by atomic mass is 35.5. The van der Waals surface area contributed by atoms with Gasteiger partial charge >= 0.3 is 0 Å². The first-order valence-electron chi connectivity index (χ1n) is 5.98. The van der Waals surface area contributed by atoms with Crippen LogP contribution in [0.3, 0.4) is 0 Å². The number of benzene rings is 1. The van der Waals surface area contributed by atoms with E-state index in [1.165, 1.54) is 12.1 Å². The molecule has 0 saturated heterocycles. The first-order chi connectivity index (χ1) is 8.22. The van der Waals surface area contributed by atoms with Crippen LogP contribution in [0.25, 0.3) is 0 Å². The zero-order chi connectivity index (χ0) is 12.3. The van der Waals surface area contributed by atoms with Gasteiger partial charge in [0.15, 0.2) is 0 Å². The van der Waals surface area contributed by atoms with Gasteiger partial charge in [0.2, 0.25) is 0 Å². The first kappa shape index (κ1) is 14.9. The Balaban J connectivity index is 0.00000162. The number of carbonyl (C=O) groups excluding carboxylic acids is 1. The summed E-state index contributed by atoms with van der Waals surface area (Å²) in [6.07, 6.45) is 3.05. The fraction of sp³-hybridized carbons (Fsp3) is 0.462. The highest BCUT2D eigenvalue weighted by molar-refractivity contribution is 5.94. The molecule has 100 valence electrons. The summed E-state index contributed by atoms with van der Waals surface area (Å²) in [5.41, 5.74) is 5.75. The minimum Gasteiger partial charge on any atom is -0.349 e. The second-order valence-electron chi connectivity index (χ2n) is 4.49. The lowest BCUT2D eigenvalue weighted by Gasteiger charge is -2.19. The van der Waals surface area contributed by atoms with Crippen LogP contribution in [0.5, 0.6) is 0 Å². The van der Waals surface area contributed by atoms with E-state index >= 15 is 0 Å². The molecule has 1 aliphatic carbocycles. The lowest BCUT2D eigenvalue weighted by molar-refractivity contribution is 0.0924. The van der Waals surface area contributed by atoms with Gasteiger partial charge < -0.3 is 11.1 Å². The van der Waals surface area contributed by atoms with Crippen molar-refractivity contribution in [3.63, 3.8) is 0 Å². The van der Waals surface area contributed by atoms with Crippen molar-refractivity contribution >= 4 is 18.3 Å². The van der Waals surface area contributed by atoms with Gasteiger partial charge in [0.05, 0.1) is 5.56 Å². The number of rotatable bonds is 3. The quantitative estimate of drug-likeness (QED) is 0.885. The lowest BCUT2D eigenvalue weighted by Crippen LogP contribution is -2.40. The molecular weight excluding hydrogens is 255 g/mol. The monoisotopic (exact) mass is 272 g/mol. The molecule has 3 N–H and O–H groups in total. The first-order valence-corrected chi connectivity index (χ1v) is 5.98. The predicted octanol–water partition coefficient (Wildman–Crippen LogP) is 2.10. The molecule has 0 radical (unpaired) electrons. The molecule has 0 spiro atoms. The molecule has 1 aromatic carbocycles. The summed E-state index contributed by atoms with van der Waals surface area (Å²) in [6, 6.07) is 6.12. The molecule has 2 rings (SSSR count). The molecule has 2 unspecified atom stereocenters. The van der Waals surface area contributed by atoms with E-state index in [4.69, 9.17) is 5.73 Å². The molecule has 1 fully saturated rings. The zero-order valence-corrected chi connectivity index (χ0v) is 10.9. The van der Waals surface area contributed by atoms with Crippen molar-refractivity contribution in [3.8, 4) is 0 Å². The van der Waals surface area contributed by atoms with Gasteiger partial charge in [0.25, 0.3) is 5.91 Å². The Labute approximate surface area is 112 Å². The van der Waals surface area contributed by atoms with Crippen molar-refractivity contribution in [1.29, 1.82) is 0 Å². The van der Waals surface area contributed by atoms with Gasteiger partial charge in [-0.05, 0) is 37.4 Å². The number of hydrogen-bond donors (Lipinski definition) is 2. The largest absolute Gasteiger partial charge is 0.349 e. The smallest absolute Gasteiger partial charge is 0.254 e. The van der Waals surface area contributed by atoms with Gasteiger partial charge in [-0.25, -0.2) is 4.39 Å². The minimum atomic E-state index is -0.479. The van der Waals surface area contributed by atoms with E-state index in [1.54, 1.807) is 12.1 Å². The number of nitrogens with two attached hydrogens (primary N) is 1. The topological polar surface area (TPSA) is 55.1 Å². The maximum absolute atomic E-state index is 13.4. The van der Waals surface area contributed by atoms with Crippen molar-refractivity contribution in [3.05, 3.63) is 35.6 Å². The van der Waals surface area contributed by atoms with Gasteiger partial charge in [0, 0.05) is 6.04 Å². The average Bonchev–Trinajstić information content (AvgIpc) is 2.76. The second kappa shape index (κ2) is 6.71. The summed E-state index contributed by atoms with van der Waals surface area (Å²) in [5.74, 6) is -0.494. The number of hydrogen-bond acceptors (Lipinski definition) is 2. The van der Waals surface area contributed by atoms with Gasteiger partial charge in [-0.1, -0.05) is 18.6 Å². The van der Waals surface area contributed by atoms with E-state index in [0.717, 1.165) is 19.3 Å². The fourth-order valence-electron chi connectivity index (χ4n) is 2.40. The van der Waals surface area contributed by atoms with Crippen molar-refractivity contribution in [2.45, 2.75) is 25.3 Å². The molecule has 5 heteroatoms. The molecule has 3 nitrogen and oxygen atoms in total. The number of carbonyl (C=O) groups is 1. The van der Waals surface area contributed by atoms with Gasteiger partial charge in [-0.3, -0.25) is 4.79 Å². The van der Waals surface area contributed by atoms with Gasteiger partial charge in [-0.15, -0.1) is 12.4 Å². The normalized spacial score (nSPS) is 22.3. The van der Waals surface area contributed by atoms with Crippen LogP contribution in [0, 0.1) is 11.7 Å². The van der Waals surface area contributed by atoms with Crippen molar-refractivity contribution in [2.24, 2.45) is 11.7 Å². The Morgan fingerprint density at radius 1 is 1.39 bits per heavy atom. The van der Waals surface area contributed by atoms with E-state index in [0.29, 0.717) is 12.5 Å². The molecule has 0 aromatic heterocycles. The molecule has 1 aromatic rings. The molecule has 18 heavy (non-hydrogen) atoms. The zero-order valence-electron chi connectivity index (χ0n) is 10.1. The Morgan fingerprint density at radius 3 is 2.78 bits per heavy atom. The highest BCUT2D eigenvalue weighted by Gasteiger charge is 2.28. The summed E-state index contributed by atoms with van der Waals surface area (Å²) in [7, 11) is 0.